The van der Waals surface area contributed by atoms with E-state index in [-0.39, 0.29) is 0 Å². The van der Waals surface area contributed by atoms with Crippen LogP contribution in [0.1, 0.15) is 220 Å². The fourth-order valence-electron chi connectivity index (χ4n) is 6.90. The normalized spacial score (nSPS) is 12.2. The van der Waals surface area contributed by atoms with Crippen LogP contribution in [-0.2, 0) is 0 Å². The van der Waals surface area contributed by atoms with Gasteiger partial charge in [-0.1, -0.05) is 238 Å². The average Bonchev–Trinajstić information content (AvgIpc) is 2.98. The first-order chi connectivity index (χ1) is 20.2. The Labute approximate surface area is 264 Å². The molecule has 0 aromatic carbocycles. The molecular weight excluding hydrogens is 509 g/mol. The van der Waals surface area contributed by atoms with Crippen LogP contribution in [0.2, 0.25) is 24.2 Å². The second-order valence-electron chi connectivity index (χ2n) is 14.1. The van der Waals surface area contributed by atoms with Crippen molar-refractivity contribution in [3.63, 3.8) is 0 Å². The van der Waals surface area contributed by atoms with Crippen LogP contribution in [0.5, 0.6) is 0 Å². The topological polar surface area (TPSA) is 0 Å². The summed E-state index contributed by atoms with van der Waals surface area (Å²) in [5.74, 6) is 0. The van der Waals surface area contributed by atoms with Crippen LogP contribution < -0.4 is 0 Å². The molecule has 1 heteroatoms. The first-order valence-electron chi connectivity index (χ1n) is 19.9. The molecule has 0 aliphatic carbocycles. The van der Waals surface area contributed by atoms with Crippen LogP contribution >= 0.6 is 0 Å². The average molecular weight is 591 g/mol. The summed E-state index contributed by atoms with van der Waals surface area (Å²) in [5, 5.41) is 0. The van der Waals surface area contributed by atoms with Crippen molar-refractivity contribution < 1.29 is 0 Å². The van der Waals surface area contributed by atoms with Gasteiger partial charge >= 0.3 is 0 Å². The van der Waals surface area contributed by atoms with Gasteiger partial charge in [0.1, 0.15) is 0 Å². The first kappa shape index (κ1) is 41.0. The van der Waals surface area contributed by atoms with Gasteiger partial charge in [-0.3, -0.25) is 0 Å². The van der Waals surface area contributed by atoms with Crippen LogP contribution in [-0.4, -0.2) is 8.07 Å². The molecule has 0 N–H and O–H groups in total. The Bertz CT molecular complexity index is 445. The van der Waals surface area contributed by atoms with E-state index in [1.165, 1.54) is 179 Å². The molecule has 246 valence electrons. The molecule has 0 amide bonds. The summed E-state index contributed by atoms with van der Waals surface area (Å²) >= 11 is 0. The van der Waals surface area contributed by atoms with E-state index in [1.54, 1.807) is 37.4 Å². The fourth-order valence-corrected chi connectivity index (χ4v) is 11.9. The van der Waals surface area contributed by atoms with Crippen molar-refractivity contribution in [1.82, 2.24) is 0 Å². The van der Waals surface area contributed by atoms with Crippen molar-refractivity contribution >= 4 is 8.07 Å². The molecule has 0 saturated heterocycles. The molecule has 0 nitrogen and oxygen atoms in total. The lowest BCUT2D eigenvalue weighted by Gasteiger charge is -2.32. The minimum absolute atomic E-state index is 1.21. The third kappa shape index (κ3) is 29.8. The minimum Gasteiger partial charge on any atom is -0.0912 e. The van der Waals surface area contributed by atoms with Crippen LogP contribution in [0, 0.1) is 0 Å². The van der Waals surface area contributed by atoms with Crippen LogP contribution in [0.4, 0.5) is 0 Å². The van der Waals surface area contributed by atoms with Gasteiger partial charge in [-0.15, -0.1) is 0 Å². The lowest BCUT2D eigenvalue weighted by molar-refractivity contribution is 0.574. The molecule has 0 saturated carbocycles. The zero-order valence-corrected chi connectivity index (χ0v) is 30.7. The maximum atomic E-state index is 2.71. The van der Waals surface area contributed by atoms with Gasteiger partial charge in [-0.25, -0.2) is 0 Å². The molecule has 41 heavy (non-hydrogen) atoms. The summed E-state index contributed by atoms with van der Waals surface area (Å²) < 4.78 is 0. The summed E-state index contributed by atoms with van der Waals surface area (Å²) in [7, 11) is -1.21. The van der Waals surface area contributed by atoms with E-state index in [0.717, 1.165) is 0 Å². The highest BCUT2D eigenvalue weighted by Gasteiger charge is 2.29. The second kappa shape index (κ2) is 34.4. The predicted octanol–water partition coefficient (Wildman–Crippen LogP) is 15.8. The van der Waals surface area contributed by atoms with Crippen molar-refractivity contribution in [2.45, 2.75) is 244 Å². The highest BCUT2D eigenvalue weighted by Crippen LogP contribution is 2.34. The molecule has 0 rings (SSSR count). The molecule has 0 radical (unpaired) electrons. The van der Waals surface area contributed by atoms with Gasteiger partial charge in [-0.05, 0) is 18.9 Å². The van der Waals surface area contributed by atoms with Crippen LogP contribution in [0.15, 0.2) is 12.2 Å². The smallest absolute Gasteiger partial charge is 0.0573 e. The van der Waals surface area contributed by atoms with Crippen molar-refractivity contribution in [3.8, 4) is 0 Å². The number of unbranched alkanes of at least 4 members (excludes halogenated alkanes) is 26. The lowest BCUT2D eigenvalue weighted by atomic mass is 10.1. The highest BCUT2D eigenvalue weighted by molar-refractivity contribution is 6.80. The largest absolute Gasteiger partial charge is 0.0912 e. The summed E-state index contributed by atoms with van der Waals surface area (Å²) in [6.07, 6.45) is 49.2. The summed E-state index contributed by atoms with van der Waals surface area (Å²) in [6.45, 7) is 9.34. The third-order valence-electron chi connectivity index (χ3n) is 9.87. The SMILES string of the molecule is CCCCCCCC=CC[Si](CCCCCCCCCC)(CCCCCCCCCC)CCCCCCCCCC. The van der Waals surface area contributed by atoms with E-state index in [0.29, 0.717) is 0 Å². The van der Waals surface area contributed by atoms with Crippen molar-refractivity contribution in [3.05, 3.63) is 12.2 Å². The van der Waals surface area contributed by atoms with Gasteiger partial charge in [0, 0.05) is 0 Å². The van der Waals surface area contributed by atoms with E-state index in [2.05, 4.69) is 39.8 Å². The Kier molecular flexibility index (Phi) is 34.4. The molecule has 0 aromatic heterocycles. The lowest BCUT2D eigenvalue weighted by Crippen LogP contribution is -2.33. The zero-order valence-electron chi connectivity index (χ0n) is 29.7. The first-order valence-corrected chi connectivity index (χ1v) is 22.7. The summed E-state index contributed by atoms with van der Waals surface area (Å²) in [5.41, 5.74) is 0. The Morgan fingerprint density at radius 1 is 0.293 bits per heavy atom. The molecule has 0 aliphatic rings. The van der Waals surface area contributed by atoms with Gasteiger partial charge in [0.2, 0.25) is 0 Å². The van der Waals surface area contributed by atoms with Gasteiger partial charge < -0.3 is 0 Å². The van der Waals surface area contributed by atoms with E-state index < -0.39 is 8.07 Å². The zero-order chi connectivity index (χ0) is 30.0. The third-order valence-corrected chi connectivity index (χ3v) is 15.2. The Hall–Kier alpha value is -0.0431. The van der Waals surface area contributed by atoms with E-state index in [4.69, 9.17) is 0 Å². The molecule has 0 bridgehead atoms. The number of hydrogen-bond donors (Lipinski definition) is 0. The molecule has 0 heterocycles. The molecule has 0 atom stereocenters. The predicted molar refractivity (Wildman–Crippen MR) is 195 cm³/mol. The summed E-state index contributed by atoms with van der Waals surface area (Å²) in [6, 6.07) is 6.41. The van der Waals surface area contributed by atoms with E-state index >= 15 is 0 Å². The Morgan fingerprint density at radius 2 is 0.561 bits per heavy atom. The van der Waals surface area contributed by atoms with Crippen LogP contribution in [0.25, 0.3) is 0 Å². The highest BCUT2D eigenvalue weighted by atomic mass is 28.3. The number of allylic oxidation sites excluding steroid dienone is 2. The van der Waals surface area contributed by atoms with Gasteiger partial charge in [0.05, 0.1) is 8.07 Å². The monoisotopic (exact) mass is 591 g/mol. The Balaban J connectivity index is 4.91. The molecule has 0 spiro atoms. The number of rotatable bonds is 35. The minimum atomic E-state index is -1.21. The molecule has 0 fully saturated rings. The second-order valence-corrected chi connectivity index (χ2v) is 19.0. The van der Waals surface area contributed by atoms with Gasteiger partial charge in [-0.2, -0.15) is 0 Å². The molecule has 0 aliphatic heterocycles. The van der Waals surface area contributed by atoms with Crippen molar-refractivity contribution in [2.24, 2.45) is 0 Å². The standard InChI is InChI=1S/C40H82Si/c1-5-9-13-17-21-25-29-33-37-41(38-34-30-26-22-18-14-10-6-2,39-35-31-27-23-19-15-11-7-3)40-36-32-28-24-20-16-12-8-4/h29,33H,5-28,30-32,34-40H2,1-4H3. The van der Waals surface area contributed by atoms with Gasteiger partial charge in [0.15, 0.2) is 0 Å². The number of hydrogen-bond acceptors (Lipinski definition) is 0. The van der Waals surface area contributed by atoms with Gasteiger partial charge in [0.25, 0.3) is 0 Å². The van der Waals surface area contributed by atoms with Crippen molar-refractivity contribution in [1.29, 1.82) is 0 Å². The van der Waals surface area contributed by atoms with Crippen molar-refractivity contribution in [2.75, 3.05) is 0 Å². The fraction of sp³-hybridized carbons (Fsp3) is 0.950. The summed E-state index contributed by atoms with van der Waals surface area (Å²) in [4.78, 5) is 0. The quantitative estimate of drug-likeness (QED) is 0.0391. The maximum absolute atomic E-state index is 2.71. The Morgan fingerprint density at radius 3 is 0.878 bits per heavy atom. The molecule has 0 unspecified atom stereocenters. The van der Waals surface area contributed by atoms with Crippen LogP contribution in [0.3, 0.4) is 0 Å². The van der Waals surface area contributed by atoms with E-state index in [1.807, 2.05) is 0 Å². The van der Waals surface area contributed by atoms with E-state index in [9.17, 15) is 0 Å². The molecule has 0 aromatic rings. The molecular formula is C40H82Si. The maximum Gasteiger partial charge on any atom is 0.0573 e.